The highest BCUT2D eigenvalue weighted by Gasteiger charge is 2.10. The van der Waals surface area contributed by atoms with E-state index < -0.39 is 17.6 Å². The van der Waals surface area contributed by atoms with Crippen molar-refractivity contribution in [3.05, 3.63) is 41.7 Å². The highest BCUT2D eigenvalue weighted by molar-refractivity contribution is 5.84. The summed E-state index contributed by atoms with van der Waals surface area (Å²) in [7, 11) is 0. The molecule has 0 aliphatic heterocycles. The van der Waals surface area contributed by atoms with Gasteiger partial charge in [0, 0.05) is 0 Å². The van der Waals surface area contributed by atoms with Crippen LogP contribution in [0.1, 0.15) is 10.5 Å². The summed E-state index contributed by atoms with van der Waals surface area (Å²) in [5.41, 5.74) is -0.197. The summed E-state index contributed by atoms with van der Waals surface area (Å²) in [4.78, 5) is 10.6. The number of carboxylic acids is 1. The topological polar surface area (TPSA) is 77.2 Å². The number of carboxylic acid groups (broad SMARTS) is 1. The lowest BCUT2D eigenvalue weighted by atomic mass is 10.3. The average molecular weight is 269 g/mol. The molecular formula is C11H9F2N3O3. The maximum absolute atomic E-state index is 13.2. The van der Waals surface area contributed by atoms with E-state index in [0.29, 0.717) is 0 Å². The second-order valence-electron chi connectivity index (χ2n) is 3.57. The van der Waals surface area contributed by atoms with Crippen molar-refractivity contribution in [3.63, 3.8) is 0 Å². The van der Waals surface area contributed by atoms with Gasteiger partial charge in [-0.15, -0.1) is 5.10 Å². The first kappa shape index (κ1) is 12.9. The van der Waals surface area contributed by atoms with E-state index in [4.69, 9.17) is 9.84 Å². The van der Waals surface area contributed by atoms with E-state index in [-0.39, 0.29) is 24.6 Å². The van der Waals surface area contributed by atoms with Crippen LogP contribution in [0.15, 0.2) is 24.4 Å². The molecule has 1 N–H and O–H groups in total. The molecule has 1 heterocycles. The number of nitrogens with zero attached hydrogens (tertiary/aromatic N) is 3. The molecule has 0 saturated heterocycles. The van der Waals surface area contributed by atoms with Crippen LogP contribution in [0.2, 0.25) is 0 Å². The first-order chi connectivity index (χ1) is 9.08. The highest BCUT2D eigenvalue weighted by Crippen LogP contribution is 2.18. The largest absolute Gasteiger partial charge is 0.488 e. The van der Waals surface area contributed by atoms with Crippen LogP contribution in [-0.2, 0) is 6.54 Å². The second kappa shape index (κ2) is 5.42. The van der Waals surface area contributed by atoms with Crippen molar-refractivity contribution in [2.75, 3.05) is 6.61 Å². The molecule has 2 rings (SSSR count). The number of halogens is 2. The Morgan fingerprint density at radius 1 is 1.42 bits per heavy atom. The number of ether oxygens (including phenoxy) is 1. The Labute approximate surface area is 106 Å². The lowest BCUT2D eigenvalue weighted by Crippen LogP contribution is -2.09. The Bertz CT molecular complexity index is 601. The van der Waals surface area contributed by atoms with Crippen LogP contribution in [0.5, 0.6) is 5.75 Å². The van der Waals surface area contributed by atoms with Gasteiger partial charge in [-0.1, -0.05) is 11.3 Å². The minimum atomic E-state index is -1.19. The highest BCUT2D eigenvalue weighted by atomic mass is 19.2. The van der Waals surface area contributed by atoms with Gasteiger partial charge in [-0.3, -0.25) is 0 Å². The van der Waals surface area contributed by atoms with Gasteiger partial charge in [-0.2, -0.15) is 4.39 Å². The summed E-state index contributed by atoms with van der Waals surface area (Å²) in [5.74, 6) is -3.46. The van der Waals surface area contributed by atoms with E-state index in [2.05, 4.69) is 10.3 Å². The van der Waals surface area contributed by atoms with Gasteiger partial charge in [0.25, 0.3) is 0 Å². The zero-order chi connectivity index (χ0) is 13.8. The third-order valence-electron chi connectivity index (χ3n) is 2.25. The normalized spacial score (nSPS) is 10.4. The molecule has 2 aromatic rings. The van der Waals surface area contributed by atoms with Crippen LogP contribution in [0.4, 0.5) is 8.78 Å². The summed E-state index contributed by atoms with van der Waals surface area (Å²) in [5, 5.41) is 15.6. The summed E-state index contributed by atoms with van der Waals surface area (Å²) in [6.07, 6.45) is 1.22. The van der Waals surface area contributed by atoms with Crippen molar-refractivity contribution in [2.45, 2.75) is 6.54 Å². The molecule has 0 unspecified atom stereocenters. The maximum atomic E-state index is 13.2. The lowest BCUT2D eigenvalue weighted by Gasteiger charge is -2.06. The Kier molecular flexibility index (Phi) is 3.69. The molecule has 1 aromatic heterocycles. The fraction of sp³-hybridized carbons (Fsp3) is 0.182. The van der Waals surface area contributed by atoms with Crippen LogP contribution in [-0.4, -0.2) is 32.7 Å². The van der Waals surface area contributed by atoms with E-state index in [1.54, 1.807) is 0 Å². The fourth-order valence-electron chi connectivity index (χ4n) is 1.35. The third-order valence-corrected chi connectivity index (χ3v) is 2.25. The lowest BCUT2D eigenvalue weighted by molar-refractivity contribution is 0.0690. The number of rotatable bonds is 5. The van der Waals surface area contributed by atoms with Crippen LogP contribution in [0.3, 0.4) is 0 Å². The minimum Gasteiger partial charge on any atom is -0.488 e. The molecule has 8 heteroatoms. The van der Waals surface area contributed by atoms with Crippen LogP contribution in [0.25, 0.3) is 0 Å². The smallest absolute Gasteiger partial charge is 0.358 e. The number of hydrogen-bond acceptors (Lipinski definition) is 4. The van der Waals surface area contributed by atoms with E-state index in [1.807, 2.05) is 0 Å². The fourth-order valence-corrected chi connectivity index (χ4v) is 1.35. The van der Waals surface area contributed by atoms with Crippen molar-refractivity contribution in [2.24, 2.45) is 0 Å². The zero-order valence-electron chi connectivity index (χ0n) is 9.58. The molecule has 0 bridgehead atoms. The molecule has 19 heavy (non-hydrogen) atoms. The van der Waals surface area contributed by atoms with Crippen molar-refractivity contribution in [3.8, 4) is 5.75 Å². The molecule has 0 saturated carbocycles. The maximum Gasteiger partial charge on any atom is 0.358 e. The first-order valence-corrected chi connectivity index (χ1v) is 5.28. The molecule has 100 valence electrons. The van der Waals surface area contributed by atoms with Gasteiger partial charge >= 0.3 is 5.97 Å². The summed E-state index contributed by atoms with van der Waals surface area (Å²) in [6.45, 7) is 0.166. The predicted octanol–water partition coefficient (Wildman–Crippen LogP) is 1.33. The van der Waals surface area contributed by atoms with Gasteiger partial charge in [-0.25, -0.2) is 13.9 Å². The van der Waals surface area contributed by atoms with Crippen molar-refractivity contribution >= 4 is 5.97 Å². The molecule has 6 nitrogen and oxygen atoms in total. The Morgan fingerprint density at radius 2 is 2.21 bits per heavy atom. The van der Waals surface area contributed by atoms with Gasteiger partial charge in [-0.05, 0) is 12.1 Å². The first-order valence-electron chi connectivity index (χ1n) is 5.28. The number of carbonyl (C=O) groups is 1. The Morgan fingerprint density at radius 3 is 2.89 bits per heavy atom. The van der Waals surface area contributed by atoms with Gasteiger partial charge in [0.15, 0.2) is 17.3 Å². The molecule has 0 aliphatic rings. The Hall–Kier alpha value is -2.51. The molecule has 0 radical (unpaired) electrons. The van der Waals surface area contributed by atoms with Crippen LogP contribution < -0.4 is 4.74 Å². The average Bonchev–Trinajstić information content (AvgIpc) is 2.83. The van der Waals surface area contributed by atoms with Crippen molar-refractivity contribution in [1.82, 2.24) is 15.0 Å². The Balaban J connectivity index is 1.92. The number of aromatic nitrogens is 3. The van der Waals surface area contributed by atoms with Crippen LogP contribution >= 0.6 is 0 Å². The zero-order valence-corrected chi connectivity index (χ0v) is 9.58. The second-order valence-corrected chi connectivity index (χ2v) is 3.57. The van der Waals surface area contributed by atoms with Crippen molar-refractivity contribution < 1.29 is 23.4 Å². The standard InChI is InChI=1S/C11H9F2N3O3/c12-7-2-1-3-9(10(7)13)19-5-4-16-6-8(11(17)18)14-15-16/h1-3,6H,4-5H2,(H,17,18). The SMILES string of the molecule is O=C(O)c1cn(CCOc2cccc(F)c2F)nn1. The van der Waals surface area contributed by atoms with Gasteiger partial charge in [0.2, 0.25) is 5.82 Å². The van der Waals surface area contributed by atoms with E-state index in [0.717, 1.165) is 6.07 Å². The number of hydrogen-bond donors (Lipinski definition) is 1. The molecule has 0 spiro atoms. The monoisotopic (exact) mass is 269 g/mol. The summed E-state index contributed by atoms with van der Waals surface area (Å²) >= 11 is 0. The number of benzene rings is 1. The summed E-state index contributed by atoms with van der Waals surface area (Å²) < 4.78 is 32.4. The minimum absolute atomic E-state index is 0.00277. The predicted molar refractivity (Wildman–Crippen MR) is 58.8 cm³/mol. The molecule has 0 fully saturated rings. The quantitative estimate of drug-likeness (QED) is 0.886. The molecule has 0 amide bonds. The molecule has 0 atom stereocenters. The summed E-state index contributed by atoms with van der Waals surface area (Å²) in [6, 6.07) is 3.60. The van der Waals surface area contributed by atoms with Crippen LogP contribution in [0, 0.1) is 11.6 Å². The van der Waals surface area contributed by atoms with Gasteiger partial charge in [0.05, 0.1) is 12.7 Å². The van der Waals surface area contributed by atoms with E-state index >= 15 is 0 Å². The molecule has 1 aromatic carbocycles. The number of aromatic carboxylic acids is 1. The third kappa shape index (κ3) is 3.03. The van der Waals surface area contributed by atoms with Gasteiger partial charge < -0.3 is 9.84 Å². The van der Waals surface area contributed by atoms with Crippen molar-refractivity contribution in [1.29, 1.82) is 0 Å². The van der Waals surface area contributed by atoms with E-state index in [9.17, 15) is 13.6 Å². The van der Waals surface area contributed by atoms with E-state index in [1.165, 1.54) is 23.0 Å². The van der Waals surface area contributed by atoms with Gasteiger partial charge in [0.1, 0.15) is 6.61 Å². The molecule has 0 aliphatic carbocycles. The molecular weight excluding hydrogens is 260 g/mol.